The molecule has 0 saturated carbocycles. The van der Waals surface area contributed by atoms with Crippen molar-refractivity contribution in [2.45, 2.75) is 45.8 Å². The zero-order valence-corrected chi connectivity index (χ0v) is 13.7. The molecule has 0 unspecified atom stereocenters. The summed E-state index contributed by atoms with van der Waals surface area (Å²) >= 11 is 0. The van der Waals surface area contributed by atoms with Crippen LogP contribution in [0.5, 0.6) is 5.75 Å². The molecular formula is C17H25NO3. The fraction of sp³-hybridized carbons (Fsp3) is 0.471. The zero-order valence-electron chi connectivity index (χ0n) is 13.7. The maximum Gasteiger partial charge on any atom is 0.244 e. The SMILES string of the molecule is COc1ccc(C)cc1/C=C/C(=O)NC(C)(C)C(C)(C)O. The van der Waals surface area contributed by atoms with E-state index in [0.29, 0.717) is 5.75 Å². The second-order valence-electron chi connectivity index (χ2n) is 6.25. The third kappa shape index (κ3) is 4.60. The van der Waals surface area contributed by atoms with E-state index in [1.54, 1.807) is 40.9 Å². The van der Waals surface area contributed by atoms with Crippen LogP contribution in [0.3, 0.4) is 0 Å². The lowest BCUT2D eigenvalue weighted by Gasteiger charge is -2.37. The van der Waals surface area contributed by atoms with Gasteiger partial charge in [0.2, 0.25) is 5.91 Å². The van der Waals surface area contributed by atoms with Crippen molar-refractivity contribution in [3.63, 3.8) is 0 Å². The summed E-state index contributed by atoms with van der Waals surface area (Å²) in [5.74, 6) is 0.456. The first-order chi connectivity index (χ1) is 9.56. The lowest BCUT2D eigenvalue weighted by molar-refractivity contribution is -0.121. The molecule has 116 valence electrons. The Morgan fingerprint density at radius 1 is 1.29 bits per heavy atom. The molecule has 0 fully saturated rings. The molecule has 0 aromatic heterocycles. The van der Waals surface area contributed by atoms with Crippen molar-refractivity contribution < 1.29 is 14.6 Å². The molecule has 4 heteroatoms. The first-order valence-electron chi connectivity index (χ1n) is 6.94. The van der Waals surface area contributed by atoms with Crippen LogP contribution in [0.1, 0.15) is 38.8 Å². The Balaban J connectivity index is 2.87. The van der Waals surface area contributed by atoms with Crippen LogP contribution < -0.4 is 10.1 Å². The Kier molecular flexibility index (Phi) is 5.18. The molecular weight excluding hydrogens is 266 g/mol. The largest absolute Gasteiger partial charge is 0.496 e. The van der Waals surface area contributed by atoms with Crippen LogP contribution in [-0.4, -0.2) is 29.3 Å². The van der Waals surface area contributed by atoms with Crippen molar-refractivity contribution in [3.8, 4) is 5.75 Å². The van der Waals surface area contributed by atoms with Gasteiger partial charge >= 0.3 is 0 Å². The van der Waals surface area contributed by atoms with Crippen LogP contribution >= 0.6 is 0 Å². The van der Waals surface area contributed by atoms with Gasteiger partial charge in [-0.05, 0) is 52.8 Å². The van der Waals surface area contributed by atoms with E-state index in [1.165, 1.54) is 6.08 Å². The highest BCUT2D eigenvalue weighted by molar-refractivity contribution is 5.92. The monoisotopic (exact) mass is 291 g/mol. The Bertz CT molecular complexity index is 539. The van der Waals surface area contributed by atoms with Crippen molar-refractivity contribution in [2.75, 3.05) is 7.11 Å². The molecule has 2 N–H and O–H groups in total. The first kappa shape index (κ1) is 17.2. The number of carbonyl (C=O) groups excluding carboxylic acids is 1. The molecule has 1 aromatic rings. The van der Waals surface area contributed by atoms with Crippen LogP contribution in [0.15, 0.2) is 24.3 Å². The van der Waals surface area contributed by atoms with Crippen molar-refractivity contribution in [2.24, 2.45) is 0 Å². The number of methoxy groups -OCH3 is 1. The molecule has 0 spiro atoms. The molecule has 0 aliphatic carbocycles. The molecule has 1 amide bonds. The van der Waals surface area contributed by atoms with Gasteiger partial charge in [-0.25, -0.2) is 0 Å². The fourth-order valence-electron chi connectivity index (χ4n) is 1.65. The summed E-state index contributed by atoms with van der Waals surface area (Å²) in [5, 5.41) is 12.8. The number of nitrogens with one attached hydrogen (secondary N) is 1. The summed E-state index contributed by atoms with van der Waals surface area (Å²) in [6, 6.07) is 5.77. The topological polar surface area (TPSA) is 58.6 Å². The number of aryl methyl sites for hydroxylation is 1. The van der Waals surface area contributed by atoms with Gasteiger partial charge in [-0.1, -0.05) is 11.6 Å². The highest BCUT2D eigenvalue weighted by atomic mass is 16.5. The molecule has 0 aliphatic heterocycles. The van der Waals surface area contributed by atoms with Gasteiger partial charge in [-0.15, -0.1) is 0 Å². The second kappa shape index (κ2) is 6.31. The summed E-state index contributed by atoms with van der Waals surface area (Å²) in [6.07, 6.45) is 3.16. The molecule has 0 heterocycles. The van der Waals surface area contributed by atoms with Crippen molar-refractivity contribution in [1.82, 2.24) is 5.32 Å². The van der Waals surface area contributed by atoms with Gasteiger partial charge in [0.15, 0.2) is 0 Å². The number of ether oxygens (including phenoxy) is 1. The molecule has 0 aliphatic rings. The third-order valence-corrected chi connectivity index (χ3v) is 3.76. The number of amides is 1. The van der Waals surface area contributed by atoms with E-state index in [0.717, 1.165) is 11.1 Å². The molecule has 0 bridgehead atoms. The van der Waals surface area contributed by atoms with E-state index < -0.39 is 11.1 Å². The fourth-order valence-corrected chi connectivity index (χ4v) is 1.65. The van der Waals surface area contributed by atoms with Gasteiger partial charge in [0.25, 0.3) is 0 Å². The number of rotatable bonds is 5. The molecule has 1 rings (SSSR count). The van der Waals surface area contributed by atoms with Gasteiger partial charge in [-0.2, -0.15) is 0 Å². The number of benzene rings is 1. The van der Waals surface area contributed by atoms with E-state index in [2.05, 4.69) is 5.32 Å². The van der Waals surface area contributed by atoms with Gasteiger partial charge in [0.05, 0.1) is 18.2 Å². The Labute approximate surface area is 126 Å². The summed E-state index contributed by atoms with van der Waals surface area (Å²) in [6.45, 7) is 8.88. The predicted molar refractivity (Wildman–Crippen MR) is 85.3 cm³/mol. The van der Waals surface area contributed by atoms with E-state index in [1.807, 2.05) is 25.1 Å². The second-order valence-corrected chi connectivity index (χ2v) is 6.25. The van der Waals surface area contributed by atoms with E-state index in [4.69, 9.17) is 4.74 Å². The highest BCUT2D eigenvalue weighted by Crippen LogP contribution is 2.22. The smallest absolute Gasteiger partial charge is 0.244 e. The van der Waals surface area contributed by atoms with Crippen LogP contribution in [0.4, 0.5) is 0 Å². The van der Waals surface area contributed by atoms with Gasteiger partial charge in [0, 0.05) is 11.6 Å². The molecule has 1 aromatic carbocycles. The summed E-state index contributed by atoms with van der Waals surface area (Å²) in [5.41, 5.74) is 0.184. The van der Waals surface area contributed by atoms with Crippen LogP contribution in [0.25, 0.3) is 6.08 Å². The average molecular weight is 291 g/mol. The normalized spacial score (nSPS) is 12.5. The Morgan fingerprint density at radius 3 is 2.43 bits per heavy atom. The third-order valence-electron chi connectivity index (χ3n) is 3.76. The first-order valence-corrected chi connectivity index (χ1v) is 6.94. The maximum absolute atomic E-state index is 12.0. The van der Waals surface area contributed by atoms with Gasteiger partial charge in [0.1, 0.15) is 5.75 Å². The lowest BCUT2D eigenvalue weighted by atomic mass is 9.86. The highest BCUT2D eigenvalue weighted by Gasteiger charge is 2.35. The molecule has 0 radical (unpaired) electrons. The van der Waals surface area contributed by atoms with E-state index in [9.17, 15) is 9.90 Å². The predicted octanol–water partition coefficient (Wildman–Crippen LogP) is 2.68. The van der Waals surface area contributed by atoms with Crippen molar-refractivity contribution in [3.05, 3.63) is 35.4 Å². The van der Waals surface area contributed by atoms with Crippen molar-refractivity contribution >= 4 is 12.0 Å². The Morgan fingerprint density at radius 2 is 1.90 bits per heavy atom. The number of hydrogen-bond acceptors (Lipinski definition) is 3. The minimum absolute atomic E-state index is 0.259. The minimum atomic E-state index is -1.02. The average Bonchev–Trinajstić information content (AvgIpc) is 2.34. The molecule has 0 atom stereocenters. The Hall–Kier alpha value is -1.81. The standard InChI is InChI=1S/C17H25NO3/c1-12-7-9-14(21-6)13(11-12)8-10-15(19)18-16(2,3)17(4,5)20/h7-11,20H,1-6H3,(H,18,19)/b10-8+. The quantitative estimate of drug-likeness (QED) is 0.820. The minimum Gasteiger partial charge on any atom is -0.496 e. The number of aliphatic hydroxyl groups is 1. The molecule has 0 saturated heterocycles. The summed E-state index contributed by atoms with van der Waals surface area (Å²) in [4.78, 5) is 12.0. The van der Waals surface area contributed by atoms with Crippen LogP contribution in [0, 0.1) is 6.92 Å². The molecule has 21 heavy (non-hydrogen) atoms. The van der Waals surface area contributed by atoms with Crippen molar-refractivity contribution in [1.29, 1.82) is 0 Å². The summed E-state index contributed by atoms with van der Waals surface area (Å²) < 4.78 is 5.26. The lowest BCUT2D eigenvalue weighted by Crippen LogP contribution is -2.57. The van der Waals surface area contributed by atoms with Gasteiger partial charge in [-0.3, -0.25) is 4.79 Å². The summed E-state index contributed by atoms with van der Waals surface area (Å²) in [7, 11) is 1.60. The van der Waals surface area contributed by atoms with Gasteiger partial charge < -0.3 is 15.2 Å². The number of carbonyl (C=O) groups is 1. The van der Waals surface area contributed by atoms with Crippen LogP contribution in [0.2, 0.25) is 0 Å². The maximum atomic E-state index is 12.0. The molecule has 4 nitrogen and oxygen atoms in total. The zero-order chi connectivity index (χ0) is 16.3. The number of hydrogen-bond donors (Lipinski definition) is 2. The van der Waals surface area contributed by atoms with E-state index in [-0.39, 0.29) is 5.91 Å². The van der Waals surface area contributed by atoms with E-state index >= 15 is 0 Å². The van der Waals surface area contributed by atoms with Crippen LogP contribution in [-0.2, 0) is 4.79 Å².